The largest absolute Gasteiger partial charge is 0.492 e. The molecule has 0 fully saturated rings. The molecule has 0 aliphatic carbocycles. The summed E-state index contributed by atoms with van der Waals surface area (Å²) in [7, 11) is -3.62. The first-order chi connectivity index (χ1) is 20.0. The monoisotopic (exact) mass is 644 g/mol. The van der Waals surface area contributed by atoms with Crippen molar-refractivity contribution in [1.29, 1.82) is 0 Å². The maximum absolute atomic E-state index is 13.5. The molecule has 0 aliphatic heterocycles. The predicted molar refractivity (Wildman–Crippen MR) is 158 cm³/mol. The summed E-state index contributed by atoms with van der Waals surface area (Å²) < 4.78 is 65.4. The average molecular weight is 645 g/mol. The number of para-hydroxylation sites is 1. The number of aliphatic carboxylic acids is 1. The number of alkyl halides is 3. The van der Waals surface area contributed by atoms with Crippen molar-refractivity contribution < 1.29 is 41.0 Å². The van der Waals surface area contributed by atoms with Gasteiger partial charge in [-0.15, -0.1) is 0 Å². The highest BCUT2D eigenvalue weighted by atomic mass is 35.5. The number of nitrogens with one attached hydrogen (secondary N) is 2. The van der Waals surface area contributed by atoms with Crippen molar-refractivity contribution in [2.45, 2.75) is 32.5 Å². The summed E-state index contributed by atoms with van der Waals surface area (Å²) in [5.74, 6) is -2.95. The van der Waals surface area contributed by atoms with Gasteiger partial charge in [-0.25, -0.2) is 17.9 Å². The van der Waals surface area contributed by atoms with Crippen LogP contribution in [0.4, 0.5) is 24.5 Å². The standard InChI is InChI=1S/C26H31ClN4O4S.C2HF3O2/c1-26(2,3)30-36(33,34)16-14-31(23-7-5-4-6-8-23)25(32)20-17-21(27)19-24(18-20)35-15-13-29-22-9-11-28-12-10-22;3-2(4,5)1(6)7/h4-12,17-19,30H,13-16H2,1-3H3,(H,28,29);(H,6,7). The van der Waals surface area contributed by atoms with Gasteiger partial charge in [-0.2, -0.15) is 13.2 Å². The van der Waals surface area contributed by atoms with Crippen LogP contribution in [0.2, 0.25) is 5.02 Å². The van der Waals surface area contributed by atoms with Crippen LogP contribution >= 0.6 is 11.6 Å². The van der Waals surface area contributed by atoms with Crippen LogP contribution < -0.4 is 19.7 Å². The molecule has 0 bridgehead atoms. The van der Waals surface area contributed by atoms with Gasteiger partial charge in [0.05, 0.1) is 5.75 Å². The highest BCUT2D eigenvalue weighted by Crippen LogP contribution is 2.24. The Bertz CT molecular complexity index is 1450. The minimum atomic E-state index is -5.08. The van der Waals surface area contributed by atoms with Gasteiger partial charge in [0, 0.05) is 53.0 Å². The fourth-order valence-electron chi connectivity index (χ4n) is 3.44. The summed E-state index contributed by atoms with van der Waals surface area (Å²) in [4.78, 5) is 27.9. The third-order valence-corrected chi connectivity index (χ3v) is 6.96. The number of ether oxygens (including phenoxy) is 1. The number of carboxylic acid groups (broad SMARTS) is 1. The summed E-state index contributed by atoms with van der Waals surface area (Å²) in [6.45, 7) is 6.15. The summed E-state index contributed by atoms with van der Waals surface area (Å²) in [5, 5.41) is 10.7. The molecule has 0 atom stereocenters. The highest BCUT2D eigenvalue weighted by Gasteiger charge is 2.38. The second kappa shape index (κ2) is 15.5. The number of anilines is 2. The lowest BCUT2D eigenvalue weighted by Gasteiger charge is -2.25. The number of amides is 1. The molecular formula is C28H32ClF3N4O6S. The first-order valence-corrected chi connectivity index (χ1v) is 14.8. The van der Waals surface area contributed by atoms with Gasteiger partial charge in [-0.05, 0) is 63.2 Å². The van der Waals surface area contributed by atoms with Crippen LogP contribution in [0.25, 0.3) is 0 Å². The fourth-order valence-corrected chi connectivity index (χ4v) is 5.13. The maximum Gasteiger partial charge on any atom is 0.490 e. The molecule has 15 heteroatoms. The van der Waals surface area contributed by atoms with Crippen molar-refractivity contribution >= 4 is 44.9 Å². The van der Waals surface area contributed by atoms with Gasteiger partial charge in [0.15, 0.2) is 0 Å². The minimum Gasteiger partial charge on any atom is -0.492 e. The van der Waals surface area contributed by atoms with E-state index in [4.69, 9.17) is 26.2 Å². The number of carboxylic acids is 1. The smallest absolute Gasteiger partial charge is 0.490 e. The minimum absolute atomic E-state index is 0.0349. The number of halogens is 4. The number of nitrogens with zero attached hydrogens (tertiary/aromatic N) is 2. The lowest BCUT2D eigenvalue weighted by atomic mass is 10.1. The van der Waals surface area contributed by atoms with Gasteiger partial charge < -0.3 is 20.1 Å². The zero-order chi connectivity index (χ0) is 32.3. The SMILES string of the molecule is CC(C)(C)NS(=O)(=O)CCN(C(=O)c1cc(Cl)cc(OCCNc2ccncc2)c1)c1ccccc1.O=C(O)C(F)(F)F. The predicted octanol–water partition coefficient (Wildman–Crippen LogP) is 5.22. The molecular weight excluding hydrogens is 613 g/mol. The van der Waals surface area contributed by atoms with Crippen LogP contribution in [0.5, 0.6) is 5.75 Å². The van der Waals surface area contributed by atoms with Crippen LogP contribution in [-0.2, 0) is 14.8 Å². The van der Waals surface area contributed by atoms with E-state index in [-0.39, 0.29) is 18.2 Å². The van der Waals surface area contributed by atoms with E-state index in [9.17, 15) is 26.4 Å². The summed E-state index contributed by atoms with van der Waals surface area (Å²) in [6.07, 6.45) is -1.69. The Kier molecular flexibility index (Phi) is 12.8. The molecule has 0 saturated heterocycles. The Labute approximate surface area is 252 Å². The lowest BCUT2D eigenvalue weighted by molar-refractivity contribution is -0.192. The van der Waals surface area contributed by atoms with Crippen LogP contribution in [0.15, 0.2) is 73.1 Å². The third-order valence-electron chi connectivity index (χ3n) is 5.10. The Hall–Kier alpha value is -3.88. The van der Waals surface area contributed by atoms with Crippen molar-refractivity contribution in [2.75, 3.05) is 35.7 Å². The molecule has 1 aromatic heterocycles. The van der Waals surface area contributed by atoms with Gasteiger partial charge in [0.2, 0.25) is 10.0 Å². The molecule has 0 spiro atoms. The van der Waals surface area contributed by atoms with Gasteiger partial charge in [-0.3, -0.25) is 9.78 Å². The molecule has 234 valence electrons. The van der Waals surface area contributed by atoms with Gasteiger partial charge in [0.25, 0.3) is 5.91 Å². The van der Waals surface area contributed by atoms with Crippen molar-refractivity contribution in [3.63, 3.8) is 0 Å². The summed E-state index contributed by atoms with van der Waals surface area (Å²) >= 11 is 6.30. The molecule has 3 rings (SSSR count). The van der Waals surface area contributed by atoms with Crippen LogP contribution in [0.3, 0.4) is 0 Å². The summed E-state index contributed by atoms with van der Waals surface area (Å²) in [5.41, 5.74) is 1.18. The normalized spacial score (nSPS) is 11.6. The number of hydrogen-bond acceptors (Lipinski definition) is 7. The molecule has 1 amide bonds. The molecule has 0 unspecified atom stereocenters. The van der Waals surface area contributed by atoms with E-state index in [1.807, 2.05) is 18.2 Å². The van der Waals surface area contributed by atoms with E-state index in [1.165, 1.54) is 4.90 Å². The molecule has 43 heavy (non-hydrogen) atoms. The number of rotatable bonds is 11. The van der Waals surface area contributed by atoms with E-state index in [0.717, 1.165) is 5.69 Å². The topological polar surface area (TPSA) is 138 Å². The van der Waals surface area contributed by atoms with E-state index in [2.05, 4.69) is 15.0 Å². The van der Waals surface area contributed by atoms with Gasteiger partial charge in [0.1, 0.15) is 12.4 Å². The third kappa shape index (κ3) is 13.3. The van der Waals surface area contributed by atoms with E-state index >= 15 is 0 Å². The lowest BCUT2D eigenvalue weighted by Crippen LogP contribution is -2.44. The number of sulfonamides is 1. The highest BCUT2D eigenvalue weighted by molar-refractivity contribution is 7.89. The molecule has 2 aromatic carbocycles. The zero-order valence-corrected chi connectivity index (χ0v) is 25.1. The van der Waals surface area contributed by atoms with E-state index in [1.54, 1.807) is 75.6 Å². The van der Waals surface area contributed by atoms with Crippen LogP contribution in [0, 0.1) is 0 Å². The first-order valence-electron chi connectivity index (χ1n) is 12.7. The van der Waals surface area contributed by atoms with E-state index in [0.29, 0.717) is 35.2 Å². The Morgan fingerprint density at radius 2 is 1.63 bits per heavy atom. The van der Waals surface area contributed by atoms with Crippen LogP contribution in [0.1, 0.15) is 31.1 Å². The summed E-state index contributed by atoms with van der Waals surface area (Å²) in [6, 6.07) is 17.4. The van der Waals surface area contributed by atoms with Gasteiger partial charge in [-0.1, -0.05) is 29.8 Å². The van der Waals surface area contributed by atoms with Crippen molar-refractivity contribution in [3.05, 3.63) is 83.6 Å². The molecule has 3 N–H and O–H groups in total. The van der Waals surface area contributed by atoms with Crippen molar-refractivity contribution in [2.24, 2.45) is 0 Å². The molecule has 1 heterocycles. The van der Waals surface area contributed by atoms with Crippen molar-refractivity contribution in [1.82, 2.24) is 9.71 Å². The molecule has 0 radical (unpaired) electrons. The number of carbonyl (C=O) groups is 2. The molecule has 0 aliphatic rings. The first kappa shape index (κ1) is 35.3. The number of carbonyl (C=O) groups excluding carboxylic acids is 1. The Balaban J connectivity index is 0.000000821. The molecule has 3 aromatic rings. The second-order valence-corrected chi connectivity index (χ2v) is 12.2. The van der Waals surface area contributed by atoms with Crippen LogP contribution in [-0.4, -0.2) is 67.5 Å². The van der Waals surface area contributed by atoms with Crippen molar-refractivity contribution in [3.8, 4) is 5.75 Å². The quantitative estimate of drug-likeness (QED) is 0.242. The number of benzene rings is 2. The maximum atomic E-state index is 13.5. The Morgan fingerprint density at radius 1 is 1.02 bits per heavy atom. The van der Waals surface area contributed by atoms with Gasteiger partial charge >= 0.3 is 12.1 Å². The molecule has 10 nitrogen and oxygen atoms in total. The number of pyridine rings is 1. The Morgan fingerprint density at radius 3 is 2.19 bits per heavy atom. The number of aromatic nitrogens is 1. The average Bonchev–Trinajstić information content (AvgIpc) is 2.90. The van der Waals surface area contributed by atoms with E-state index < -0.39 is 27.7 Å². The fraction of sp³-hybridized carbons (Fsp3) is 0.321. The second-order valence-electron chi connectivity index (χ2n) is 9.95. The number of hydrogen-bond donors (Lipinski definition) is 3. The molecule has 0 saturated carbocycles. The zero-order valence-electron chi connectivity index (χ0n) is 23.6.